The minimum Gasteiger partial charge on any atom is -0.480 e. The Morgan fingerprint density at radius 3 is 2.57 bits per heavy atom. The molecule has 3 rings (SSSR count). The van der Waals surface area contributed by atoms with E-state index < -0.39 is 16.7 Å². The third-order valence-corrected chi connectivity index (χ3v) is 4.91. The van der Waals surface area contributed by atoms with Gasteiger partial charge < -0.3 is 10.4 Å². The van der Waals surface area contributed by atoms with Gasteiger partial charge in [0.2, 0.25) is 0 Å². The number of pyridine rings is 1. The van der Waals surface area contributed by atoms with E-state index in [4.69, 9.17) is 5.11 Å². The van der Waals surface area contributed by atoms with Crippen molar-refractivity contribution in [2.45, 2.75) is 31.8 Å². The summed E-state index contributed by atoms with van der Waals surface area (Å²) in [6.45, 7) is 2.60. The average Bonchev–Trinajstić information content (AvgIpc) is 2.63. The number of aromatic nitrogens is 1. The summed E-state index contributed by atoms with van der Waals surface area (Å²) in [7, 11) is 0. The lowest BCUT2D eigenvalue weighted by molar-refractivity contribution is -0.384. The maximum Gasteiger partial charge on any atom is 0.317 e. The number of carboxylic acid groups (broad SMARTS) is 1. The maximum atomic E-state index is 13.2. The van der Waals surface area contributed by atoms with Gasteiger partial charge in [-0.3, -0.25) is 19.8 Å². The fourth-order valence-corrected chi connectivity index (χ4v) is 3.39. The van der Waals surface area contributed by atoms with Crippen molar-refractivity contribution in [3.8, 4) is 11.3 Å². The third kappa shape index (κ3) is 4.42. The molecule has 8 nitrogen and oxygen atoms in total. The number of aliphatic carboxylic acids is 1. The number of nitrogens with one attached hydrogen (secondary N) is 1. The predicted octanol–water partition coefficient (Wildman–Crippen LogP) is 3.15. The van der Waals surface area contributed by atoms with Crippen LogP contribution in [0, 0.1) is 15.9 Å². The van der Waals surface area contributed by atoms with Crippen LogP contribution in [0.3, 0.4) is 0 Å². The van der Waals surface area contributed by atoms with Crippen LogP contribution in [-0.2, 0) is 4.79 Å². The lowest BCUT2D eigenvalue weighted by atomic mass is 9.85. The quantitative estimate of drug-likeness (QED) is 0.528. The van der Waals surface area contributed by atoms with E-state index >= 15 is 0 Å². The van der Waals surface area contributed by atoms with E-state index in [1.165, 1.54) is 30.3 Å². The summed E-state index contributed by atoms with van der Waals surface area (Å²) >= 11 is 0. The number of likely N-dealkylation sites (N-methyl/N-ethyl adjacent to an activating group) is 1. The highest BCUT2D eigenvalue weighted by Gasteiger charge is 2.34. The molecular formula is C19H21FN4O4. The normalized spacial score (nSPS) is 18.5. The molecule has 0 amide bonds. The van der Waals surface area contributed by atoms with E-state index in [0.29, 0.717) is 17.9 Å². The summed E-state index contributed by atoms with van der Waals surface area (Å²) in [5.74, 6) is -0.781. The predicted molar refractivity (Wildman–Crippen MR) is 102 cm³/mol. The second kappa shape index (κ2) is 8.30. The molecule has 0 radical (unpaired) electrons. The van der Waals surface area contributed by atoms with Crippen LogP contribution in [0.4, 0.5) is 15.9 Å². The Kier molecular flexibility index (Phi) is 5.84. The molecule has 0 aliphatic heterocycles. The van der Waals surface area contributed by atoms with E-state index in [1.807, 2.05) is 11.8 Å². The summed E-state index contributed by atoms with van der Waals surface area (Å²) in [4.78, 5) is 28.0. The van der Waals surface area contributed by atoms with Gasteiger partial charge in [-0.1, -0.05) is 6.92 Å². The Balaban J connectivity index is 1.72. The number of hydrogen-bond acceptors (Lipinski definition) is 6. The van der Waals surface area contributed by atoms with Crippen molar-refractivity contribution in [3.63, 3.8) is 0 Å². The van der Waals surface area contributed by atoms with Gasteiger partial charge in [0.1, 0.15) is 11.6 Å². The van der Waals surface area contributed by atoms with Crippen molar-refractivity contribution in [3.05, 3.63) is 52.3 Å². The Morgan fingerprint density at radius 1 is 1.32 bits per heavy atom. The molecule has 0 atom stereocenters. The molecule has 1 aliphatic carbocycles. The molecule has 2 aromatic rings. The molecule has 0 spiro atoms. The fraction of sp³-hybridized carbons (Fsp3) is 0.368. The van der Waals surface area contributed by atoms with Gasteiger partial charge >= 0.3 is 5.97 Å². The second-order valence-corrected chi connectivity index (χ2v) is 6.75. The molecule has 9 heteroatoms. The van der Waals surface area contributed by atoms with Gasteiger partial charge in [-0.2, -0.15) is 0 Å². The minimum absolute atomic E-state index is 0.0123. The number of carboxylic acids is 1. The van der Waals surface area contributed by atoms with Crippen LogP contribution in [-0.4, -0.2) is 51.1 Å². The van der Waals surface area contributed by atoms with Gasteiger partial charge in [-0.25, -0.2) is 9.37 Å². The molecule has 1 saturated carbocycles. The number of carbonyl (C=O) groups is 1. The van der Waals surface area contributed by atoms with Crippen LogP contribution in [0.25, 0.3) is 11.3 Å². The molecule has 2 N–H and O–H groups in total. The van der Waals surface area contributed by atoms with Gasteiger partial charge in [-0.05, 0) is 49.7 Å². The first-order valence-corrected chi connectivity index (χ1v) is 9.01. The Morgan fingerprint density at radius 2 is 2.00 bits per heavy atom. The van der Waals surface area contributed by atoms with Crippen LogP contribution in [0.5, 0.6) is 0 Å². The number of halogens is 1. The minimum atomic E-state index is -0.848. The summed E-state index contributed by atoms with van der Waals surface area (Å²) in [6.07, 6.45) is 1.54. The smallest absolute Gasteiger partial charge is 0.317 e. The molecular weight excluding hydrogens is 367 g/mol. The molecule has 0 unspecified atom stereocenters. The first kappa shape index (κ1) is 19.7. The van der Waals surface area contributed by atoms with Crippen molar-refractivity contribution < 1.29 is 19.2 Å². The fourth-order valence-electron chi connectivity index (χ4n) is 3.39. The highest BCUT2D eigenvalue weighted by molar-refractivity contribution is 5.71. The summed E-state index contributed by atoms with van der Waals surface area (Å²) in [5, 5.41) is 23.5. The van der Waals surface area contributed by atoms with Crippen molar-refractivity contribution in [1.82, 2.24) is 9.88 Å². The van der Waals surface area contributed by atoms with Gasteiger partial charge in [0, 0.05) is 23.7 Å². The maximum absolute atomic E-state index is 13.2. The number of nitrogens with zero attached hydrogens (tertiary/aromatic N) is 3. The summed E-state index contributed by atoms with van der Waals surface area (Å²) in [5.41, 5.74) is 0.482. The Bertz CT molecular complexity index is 869. The molecule has 0 bridgehead atoms. The Labute approximate surface area is 161 Å². The first-order chi connectivity index (χ1) is 13.4. The van der Waals surface area contributed by atoms with Crippen LogP contribution >= 0.6 is 0 Å². The molecule has 1 aromatic heterocycles. The largest absolute Gasteiger partial charge is 0.480 e. The number of benzene rings is 1. The lowest BCUT2D eigenvalue weighted by Crippen LogP contribution is -2.51. The van der Waals surface area contributed by atoms with Crippen LogP contribution in [0.1, 0.15) is 19.8 Å². The zero-order valence-electron chi connectivity index (χ0n) is 15.3. The molecule has 0 saturated heterocycles. The summed E-state index contributed by atoms with van der Waals surface area (Å²) < 4.78 is 13.2. The van der Waals surface area contributed by atoms with E-state index in [1.54, 1.807) is 6.07 Å². The Hall–Kier alpha value is -3.07. The topological polar surface area (TPSA) is 109 Å². The molecule has 1 fully saturated rings. The summed E-state index contributed by atoms with van der Waals surface area (Å²) in [6, 6.07) is 8.62. The molecule has 1 aliphatic rings. The zero-order chi connectivity index (χ0) is 20.3. The zero-order valence-corrected chi connectivity index (χ0v) is 15.3. The van der Waals surface area contributed by atoms with Crippen LogP contribution in [0.15, 0.2) is 36.4 Å². The van der Waals surface area contributed by atoms with Crippen molar-refractivity contribution >= 4 is 17.5 Å². The van der Waals surface area contributed by atoms with E-state index in [0.717, 1.165) is 12.8 Å². The average molecular weight is 388 g/mol. The molecule has 1 aromatic carbocycles. The standard InChI is InChI=1S/C19H21FN4O4/c1-2-23(11-18(25)26)15-9-14(10-15)21-17-8-7-16(24(27)28)19(22-17)12-3-5-13(20)6-4-12/h3-8,14-15H,2,9-11H2,1H3,(H,21,22)(H,25,26). The van der Waals surface area contributed by atoms with E-state index in [-0.39, 0.29) is 30.0 Å². The molecule has 148 valence electrons. The number of rotatable bonds is 8. The molecule has 28 heavy (non-hydrogen) atoms. The number of anilines is 1. The highest BCUT2D eigenvalue weighted by atomic mass is 19.1. The van der Waals surface area contributed by atoms with Crippen molar-refractivity contribution in [2.24, 2.45) is 0 Å². The second-order valence-electron chi connectivity index (χ2n) is 6.75. The monoisotopic (exact) mass is 388 g/mol. The third-order valence-electron chi connectivity index (χ3n) is 4.91. The van der Waals surface area contributed by atoms with Gasteiger partial charge in [0.15, 0.2) is 5.69 Å². The first-order valence-electron chi connectivity index (χ1n) is 9.01. The van der Waals surface area contributed by atoms with Gasteiger partial charge in [0.25, 0.3) is 5.69 Å². The number of hydrogen-bond donors (Lipinski definition) is 2. The number of nitro groups is 1. The van der Waals surface area contributed by atoms with E-state index in [2.05, 4.69) is 10.3 Å². The highest BCUT2D eigenvalue weighted by Crippen LogP contribution is 2.32. The van der Waals surface area contributed by atoms with Crippen molar-refractivity contribution in [1.29, 1.82) is 0 Å². The van der Waals surface area contributed by atoms with Gasteiger partial charge in [0.05, 0.1) is 11.5 Å². The lowest BCUT2D eigenvalue weighted by Gasteiger charge is -2.42. The van der Waals surface area contributed by atoms with Gasteiger partial charge in [-0.15, -0.1) is 0 Å². The van der Waals surface area contributed by atoms with Crippen LogP contribution in [0.2, 0.25) is 0 Å². The van der Waals surface area contributed by atoms with E-state index in [9.17, 15) is 19.3 Å². The van der Waals surface area contributed by atoms with Crippen molar-refractivity contribution in [2.75, 3.05) is 18.4 Å². The van der Waals surface area contributed by atoms with Crippen LogP contribution < -0.4 is 5.32 Å². The SMILES string of the molecule is CCN(CC(=O)O)C1CC(Nc2ccc([N+](=O)[O-])c(-c3ccc(F)cc3)n2)C1. The molecule has 1 heterocycles.